The van der Waals surface area contributed by atoms with Gasteiger partial charge in [0.25, 0.3) is 0 Å². The minimum absolute atomic E-state index is 0.475. The Balaban J connectivity index is 2.25. The molecule has 1 aromatic rings. The number of carbonyl (C=O) groups excluding carboxylic acids is 1. The van der Waals surface area contributed by atoms with Crippen LogP contribution in [0.3, 0.4) is 0 Å². The molecule has 4 nitrogen and oxygen atoms in total. The summed E-state index contributed by atoms with van der Waals surface area (Å²) >= 11 is 0. The second kappa shape index (κ2) is 4.38. The van der Waals surface area contributed by atoms with Crippen molar-refractivity contribution in [2.75, 3.05) is 18.0 Å². The molecule has 0 atom stereocenters. The summed E-state index contributed by atoms with van der Waals surface area (Å²) < 4.78 is 0. The van der Waals surface area contributed by atoms with Gasteiger partial charge in [-0.25, -0.2) is 9.97 Å². The van der Waals surface area contributed by atoms with Gasteiger partial charge in [-0.3, -0.25) is 4.79 Å². The molecule has 0 aliphatic carbocycles. The largest absolute Gasteiger partial charge is 0.341 e. The number of hydrogen-bond acceptors (Lipinski definition) is 4. The van der Waals surface area contributed by atoms with E-state index in [-0.39, 0.29) is 0 Å². The van der Waals surface area contributed by atoms with E-state index in [2.05, 4.69) is 14.9 Å². The van der Waals surface area contributed by atoms with Crippen LogP contribution in [0.2, 0.25) is 0 Å². The summed E-state index contributed by atoms with van der Waals surface area (Å²) in [5.74, 6) is 0.705. The molecule has 0 spiro atoms. The number of aromatic nitrogens is 2. The zero-order valence-corrected chi connectivity index (χ0v) is 8.94. The van der Waals surface area contributed by atoms with Gasteiger partial charge in [0.05, 0.1) is 0 Å². The third-order valence-electron chi connectivity index (χ3n) is 2.62. The van der Waals surface area contributed by atoms with Crippen LogP contribution in [0.5, 0.6) is 0 Å². The Hall–Kier alpha value is -1.45. The molecule has 0 aromatic carbocycles. The number of anilines is 1. The van der Waals surface area contributed by atoms with Crippen LogP contribution in [-0.4, -0.2) is 29.3 Å². The third-order valence-corrected chi connectivity index (χ3v) is 2.62. The number of piperidine rings is 1. The molecule has 0 bridgehead atoms. The average Bonchev–Trinajstić information content (AvgIpc) is 2.29. The van der Waals surface area contributed by atoms with Crippen LogP contribution < -0.4 is 4.90 Å². The first-order chi connectivity index (χ1) is 7.29. The maximum Gasteiger partial charge on any atom is 0.226 e. The first-order valence-electron chi connectivity index (χ1n) is 5.35. The van der Waals surface area contributed by atoms with Crippen LogP contribution in [-0.2, 0) is 0 Å². The fourth-order valence-electron chi connectivity index (χ4n) is 1.87. The van der Waals surface area contributed by atoms with E-state index in [1.807, 2.05) is 6.92 Å². The molecule has 0 unspecified atom stereocenters. The van der Waals surface area contributed by atoms with Crippen LogP contribution >= 0.6 is 0 Å². The van der Waals surface area contributed by atoms with Crippen LogP contribution in [0, 0.1) is 6.92 Å². The molecule has 1 saturated heterocycles. The molecular weight excluding hydrogens is 190 g/mol. The van der Waals surface area contributed by atoms with Crippen LogP contribution in [0.1, 0.15) is 35.4 Å². The van der Waals surface area contributed by atoms with Gasteiger partial charge in [-0.2, -0.15) is 0 Å². The van der Waals surface area contributed by atoms with Gasteiger partial charge >= 0.3 is 0 Å². The van der Waals surface area contributed by atoms with E-state index in [0.717, 1.165) is 25.1 Å². The molecular formula is C11H15N3O. The molecule has 0 amide bonds. The monoisotopic (exact) mass is 205 g/mol. The summed E-state index contributed by atoms with van der Waals surface area (Å²) in [7, 11) is 0. The van der Waals surface area contributed by atoms with Gasteiger partial charge in [-0.15, -0.1) is 0 Å². The van der Waals surface area contributed by atoms with E-state index in [0.29, 0.717) is 11.6 Å². The van der Waals surface area contributed by atoms with Crippen molar-refractivity contribution >= 4 is 12.2 Å². The van der Waals surface area contributed by atoms with Crippen molar-refractivity contribution in [3.05, 3.63) is 17.5 Å². The maximum atomic E-state index is 10.7. The summed E-state index contributed by atoms with van der Waals surface area (Å²) in [6.45, 7) is 3.89. The van der Waals surface area contributed by atoms with E-state index >= 15 is 0 Å². The number of nitrogens with zero attached hydrogens (tertiary/aromatic N) is 3. The lowest BCUT2D eigenvalue weighted by atomic mass is 10.1. The van der Waals surface area contributed by atoms with Gasteiger partial charge in [0.2, 0.25) is 5.95 Å². The minimum Gasteiger partial charge on any atom is -0.341 e. The molecule has 2 rings (SSSR count). The quantitative estimate of drug-likeness (QED) is 0.688. The normalized spacial score (nSPS) is 16.5. The Labute approximate surface area is 89.3 Å². The highest BCUT2D eigenvalue weighted by Gasteiger charge is 2.14. The molecule has 1 fully saturated rings. The van der Waals surface area contributed by atoms with Gasteiger partial charge in [0.1, 0.15) is 5.69 Å². The third kappa shape index (κ3) is 2.32. The topological polar surface area (TPSA) is 46.1 Å². The van der Waals surface area contributed by atoms with Gasteiger partial charge in [-0.05, 0) is 32.3 Å². The first kappa shape index (κ1) is 10.1. The lowest BCUT2D eigenvalue weighted by Crippen LogP contribution is -2.31. The summed E-state index contributed by atoms with van der Waals surface area (Å²) in [5.41, 5.74) is 1.33. The zero-order valence-electron chi connectivity index (χ0n) is 8.94. The van der Waals surface area contributed by atoms with Crippen molar-refractivity contribution in [3.8, 4) is 0 Å². The van der Waals surface area contributed by atoms with Crippen molar-refractivity contribution in [3.63, 3.8) is 0 Å². The standard InChI is InChI=1S/C11H15N3O/c1-9-7-10(8-15)13-11(12-9)14-5-3-2-4-6-14/h7-8H,2-6H2,1H3. The van der Waals surface area contributed by atoms with Crippen molar-refractivity contribution < 1.29 is 4.79 Å². The first-order valence-corrected chi connectivity index (χ1v) is 5.35. The predicted molar refractivity (Wildman–Crippen MR) is 58.2 cm³/mol. The van der Waals surface area contributed by atoms with E-state index in [9.17, 15) is 4.79 Å². The molecule has 2 heterocycles. The fourth-order valence-corrected chi connectivity index (χ4v) is 1.87. The van der Waals surface area contributed by atoms with Gasteiger partial charge in [-0.1, -0.05) is 0 Å². The predicted octanol–water partition coefficient (Wildman–Crippen LogP) is 1.59. The van der Waals surface area contributed by atoms with Crippen molar-refractivity contribution in [1.29, 1.82) is 0 Å². The number of rotatable bonds is 2. The SMILES string of the molecule is Cc1cc(C=O)nc(N2CCCCC2)n1. The van der Waals surface area contributed by atoms with E-state index < -0.39 is 0 Å². The summed E-state index contributed by atoms with van der Waals surface area (Å²) in [4.78, 5) is 21.4. The summed E-state index contributed by atoms with van der Waals surface area (Å²) in [6, 6.07) is 1.71. The number of aryl methyl sites for hydroxylation is 1. The van der Waals surface area contributed by atoms with Crippen LogP contribution in [0.25, 0.3) is 0 Å². The molecule has 80 valence electrons. The number of aldehydes is 1. The van der Waals surface area contributed by atoms with Crippen LogP contribution in [0.15, 0.2) is 6.07 Å². The van der Waals surface area contributed by atoms with Gasteiger partial charge in [0, 0.05) is 18.8 Å². The Morgan fingerprint density at radius 1 is 1.27 bits per heavy atom. The Bertz CT molecular complexity index is 359. The Kier molecular flexibility index (Phi) is 2.94. The van der Waals surface area contributed by atoms with Gasteiger partial charge in [0.15, 0.2) is 6.29 Å². The molecule has 1 aromatic heterocycles. The highest BCUT2D eigenvalue weighted by Crippen LogP contribution is 2.15. The fraction of sp³-hybridized carbons (Fsp3) is 0.545. The average molecular weight is 205 g/mol. The zero-order chi connectivity index (χ0) is 10.7. The smallest absolute Gasteiger partial charge is 0.226 e. The van der Waals surface area contributed by atoms with E-state index in [4.69, 9.17) is 0 Å². The maximum absolute atomic E-state index is 10.7. The van der Waals surface area contributed by atoms with Crippen molar-refractivity contribution in [1.82, 2.24) is 9.97 Å². The van der Waals surface area contributed by atoms with Crippen molar-refractivity contribution in [2.45, 2.75) is 26.2 Å². The summed E-state index contributed by atoms with van der Waals surface area (Å²) in [5, 5.41) is 0. The highest BCUT2D eigenvalue weighted by molar-refractivity contribution is 5.72. The molecule has 0 saturated carbocycles. The molecule has 1 aliphatic rings. The minimum atomic E-state index is 0.475. The van der Waals surface area contributed by atoms with Crippen molar-refractivity contribution in [2.24, 2.45) is 0 Å². The molecule has 0 N–H and O–H groups in total. The lowest BCUT2D eigenvalue weighted by Gasteiger charge is -2.26. The molecule has 15 heavy (non-hydrogen) atoms. The molecule has 0 radical (unpaired) electrons. The second-order valence-electron chi connectivity index (χ2n) is 3.90. The number of hydrogen-bond donors (Lipinski definition) is 0. The Morgan fingerprint density at radius 2 is 2.00 bits per heavy atom. The highest BCUT2D eigenvalue weighted by atomic mass is 16.1. The van der Waals surface area contributed by atoms with Gasteiger partial charge < -0.3 is 4.90 Å². The number of carbonyl (C=O) groups is 1. The second-order valence-corrected chi connectivity index (χ2v) is 3.90. The summed E-state index contributed by atoms with van der Waals surface area (Å²) in [6.07, 6.45) is 4.44. The molecule has 4 heteroatoms. The van der Waals surface area contributed by atoms with E-state index in [1.54, 1.807) is 6.07 Å². The van der Waals surface area contributed by atoms with E-state index in [1.165, 1.54) is 19.3 Å². The molecule has 1 aliphatic heterocycles. The van der Waals surface area contributed by atoms with Crippen LogP contribution in [0.4, 0.5) is 5.95 Å². The lowest BCUT2D eigenvalue weighted by molar-refractivity contribution is 0.111. The Morgan fingerprint density at radius 3 is 2.67 bits per heavy atom.